The number of halogens is 2. The van der Waals surface area contributed by atoms with Crippen molar-refractivity contribution in [3.8, 4) is 0 Å². The fraction of sp³-hybridized carbons (Fsp3) is 0.100. The van der Waals surface area contributed by atoms with E-state index in [0.29, 0.717) is 5.56 Å². The molecule has 1 aromatic heterocycles. The number of benzene rings is 1. The first-order valence-electron chi connectivity index (χ1n) is 5.18. The molecule has 0 spiro atoms. The van der Waals surface area contributed by atoms with Crippen molar-refractivity contribution in [2.24, 2.45) is 0 Å². The summed E-state index contributed by atoms with van der Waals surface area (Å²) in [5, 5.41) is 25.0. The first-order chi connectivity index (χ1) is 9.38. The van der Waals surface area contributed by atoms with Crippen LogP contribution in [-0.4, -0.2) is 19.6 Å². The number of hydrogen-bond acceptors (Lipinski definition) is 5. The van der Waals surface area contributed by atoms with Crippen molar-refractivity contribution in [1.29, 1.82) is 0 Å². The van der Waals surface area contributed by atoms with E-state index in [9.17, 15) is 20.2 Å². The summed E-state index contributed by atoms with van der Waals surface area (Å²) in [4.78, 5) is 19.9. The molecule has 2 aromatic rings. The largest absolute Gasteiger partial charge is 0.408 e. The Morgan fingerprint density at radius 3 is 2.35 bits per heavy atom. The fourth-order valence-corrected chi connectivity index (χ4v) is 2.00. The van der Waals surface area contributed by atoms with E-state index in [1.807, 2.05) is 0 Å². The minimum Gasteiger partial charge on any atom is -0.358 e. The molecule has 0 aliphatic carbocycles. The van der Waals surface area contributed by atoms with E-state index < -0.39 is 15.7 Å². The van der Waals surface area contributed by atoms with Gasteiger partial charge in [-0.3, -0.25) is 10.1 Å². The molecule has 0 amide bonds. The molecular formula is C10H6Cl2N4O4. The van der Waals surface area contributed by atoms with Crippen molar-refractivity contribution < 1.29 is 9.85 Å². The van der Waals surface area contributed by atoms with Gasteiger partial charge in [0.2, 0.25) is 0 Å². The average molecular weight is 317 g/mol. The van der Waals surface area contributed by atoms with E-state index in [1.165, 1.54) is 29.1 Å². The van der Waals surface area contributed by atoms with Crippen LogP contribution in [0.4, 0.5) is 11.5 Å². The summed E-state index contributed by atoms with van der Waals surface area (Å²) in [5.41, 5.74) is 0.398. The highest BCUT2D eigenvalue weighted by Gasteiger charge is 2.20. The van der Waals surface area contributed by atoms with Gasteiger partial charge in [0.1, 0.15) is 0 Å². The second-order valence-corrected chi connectivity index (χ2v) is 4.60. The van der Waals surface area contributed by atoms with Gasteiger partial charge >= 0.3 is 5.82 Å². The summed E-state index contributed by atoms with van der Waals surface area (Å²) in [7, 11) is 0. The predicted molar refractivity (Wildman–Crippen MR) is 71.1 cm³/mol. The second-order valence-electron chi connectivity index (χ2n) is 3.79. The van der Waals surface area contributed by atoms with Crippen LogP contribution in [0.15, 0.2) is 24.4 Å². The maximum absolute atomic E-state index is 10.6. The van der Waals surface area contributed by atoms with E-state index in [4.69, 9.17) is 23.2 Å². The summed E-state index contributed by atoms with van der Waals surface area (Å²) >= 11 is 11.6. The topological polar surface area (TPSA) is 104 Å². The van der Waals surface area contributed by atoms with Gasteiger partial charge in [-0.1, -0.05) is 23.2 Å². The lowest BCUT2D eigenvalue weighted by molar-refractivity contribution is -0.389. The van der Waals surface area contributed by atoms with Crippen LogP contribution in [0.3, 0.4) is 0 Å². The molecule has 0 bridgehead atoms. The fourth-order valence-electron chi connectivity index (χ4n) is 1.54. The third kappa shape index (κ3) is 2.86. The van der Waals surface area contributed by atoms with Crippen molar-refractivity contribution in [2.75, 3.05) is 0 Å². The molecule has 0 N–H and O–H groups in total. The highest BCUT2D eigenvalue weighted by molar-refractivity contribution is 6.32. The van der Waals surface area contributed by atoms with Crippen LogP contribution in [-0.2, 0) is 6.54 Å². The zero-order chi connectivity index (χ0) is 14.9. The maximum Gasteiger partial charge on any atom is 0.408 e. The number of nitro groups is 2. The molecule has 0 saturated heterocycles. The third-order valence-corrected chi connectivity index (χ3v) is 3.07. The van der Waals surface area contributed by atoms with Crippen molar-refractivity contribution in [3.63, 3.8) is 0 Å². The van der Waals surface area contributed by atoms with Crippen LogP contribution in [0.5, 0.6) is 0 Å². The summed E-state index contributed by atoms with van der Waals surface area (Å²) in [6, 6.07) is 3.96. The van der Waals surface area contributed by atoms with Crippen molar-refractivity contribution in [3.05, 3.63) is 60.2 Å². The summed E-state index contributed by atoms with van der Waals surface area (Å²) < 4.78 is 1.24. The lowest BCUT2D eigenvalue weighted by Crippen LogP contribution is -2.02. The average Bonchev–Trinajstić information content (AvgIpc) is 2.73. The van der Waals surface area contributed by atoms with Gasteiger partial charge in [0.25, 0.3) is 5.69 Å². The molecule has 20 heavy (non-hydrogen) atoms. The van der Waals surface area contributed by atoms with Gasteiger partial charge in [-0.05, 0) is 16.6 Å². The molecular weight excluding hydrogens is 311 g/mol. The Labute approximate surface area is 121 Å². The molecule has 0 atom stereocenters. The summed E-state index contributed by atoms with van der Waals surface area (Å²) in [6.07, 6.45) is 1.29. The smallest absolute Gasteiger partial charge is 0.358 e. The molecule has 2 rings (SSSR count). The Hall–Kier alpha value is -2.19. The standard InChI is InChI=1S/C10H6Cl2N4O4/c11-8-3-7(15(17)18)2-1-6(8)4-14-5-9(12)10(13-14)16(19)20/h1-3,5H,4H2. The molecule has 8 nitrogen and oxygen atoms in total. The Kier molecular flexibility index (Phi) is 3.86. The Balaban J connectivity index is 2.28. The van der Waals surface area contributed by atoms with Crippen LogP contribution < -0.4 is 0 Å². The molecule has 0 aliphatic heterocycles. The third-order valence-electron chi connectivity index (χ3n) is 2.45. The zero-order valence-corrected chi connectivity index (χ0v) is 11.2. The first kappa shape index (κ1) is 14.2. The molecule has 104 valence electrons. The molecule has 0 unspecified atom stereocenters. The summed E-state index contributed by atoms with van der Waals surface area (Å²) in [5.74, 6) is -0.454. The van der Waals surface area contributed by atoms with Crippen LogP contribution in [0.25, 0.3) is 0 Å². The number of rotatable bonds is 4. The molecule has 0 saturated carbocycles. The second kappa shape index (κ2) is 5.43. The van der Waals surface area contributed by atoms with Crippen molar-refractivity contribution in [2.45, 2.75) is 6.54 Å². The number of aromatic nitrogens is 2. The predicted octanol–water partition coefficient (Wildman–Crippen LogP) is 3.05. The Bertz CT molecular complexity index is 701. The van der Waals surface area contributed by atoms with Gasteiger partial charge in [0.15, 0.2) is 5.02 Å². The minimum absolute atomic E-state index is 0.0898. The normalized spacial score (nSPS) is 10.5. The van der Waals surface area contributed by atoms with Crippen LogP contribution >= 0.6 is 23.2 Å². The van der Waals surface area contributed by atoms with Gasteiger partial charge in [-0.25, -0.2) is 0 Å². The molecule has 0 radical (unpaired) electrons. The van der Waals surface area contributed by atoms with E-state index in [0.717, 1.165) is 0 Å². The van der Waals surface area contributed by atoms with Gasteiger partial charge in [-0.2, -0.15) is 4.68 Å². The SMILES string of the molecule is O=[N+]([O-])c1ccc(Cn2cc(Cl)c([N+](=O)[O-])n2)c(Cl)c1. The van der Waals surface area contributed by atoms with E-state index in [1.54, 1.807) is 0 Å². The van der Waals surface area contributed by atoms with Gasteiger partial charge < -0.3 is 10.1 Å². The molecule has 10 heteroatoms. The van der Waals surface area contributed by atoms with E-state index in [-0.39, 0.29) is 22.3 Å². The highest BCUT2D eigenvalue weighted by atomic mass is 35.5. The number of nitro benzene ring substituents is 1. The lowest BCUT2D eigenvalue weighted by atomic mass is 10.2. The highest BCUT2D eigenvalue weighted by Crippen LogP contribution is 2.25. The van der Waals surface area contributed by atoms with Crippen LogP contribution in [0, 0.1) is 20.2 Å². The first-order valence-corrected chi connectivity index (χ1v) is 5.94. The monoisotopic (exact) mass is 316 g/mol. The minimum atomic E-state index is -0.698. The Morgan fingerprint density at radius 1 is 1.15 bits per heavy atom. The quantitative estimate of drug-likeness (QED) is 0.636. The van der Waals surface area contributed by atoms with E-state index in [2.05, 4.69) is 5.10 Å². The van der Waals surface area contributed by atoms with Crippen molar-refractivity contribution in [1.82, 2.24) is 9.78 Å². The molecule has 0 aliphatic rings. The maximum atomic E-state index is 10.6. The van der Waals surface area contributed by atoms with Crippen molar-refractivity contribution >= 4 is 34.7 Å². The van der Waals surface area contributed by atoms with Crippen LogP contribution in [0.2, 0.25) is 10.0 Å². The molecule has 0 fully saturated rings. The van der Waals surface area contributed by atoms with E-state index >= 15 is 0 Å². The number of non-ortho nitro benzene ring substituents is 1. The number of hydrogen-bond donors (Lipinski definition) is 0. The number of nitrogens with zero attached hydrogens (tertiary/aromatic N) is 4. The van der Waals surface area contributed by atoms with Crippen LogP contribution in [0.1, 0.15) is 5.56 Å². The Morgan fingerprint density at radius 2 is 1.85 bits per heavy atom. The van der Waals surface area contributed by atoms with Gasteiger partial charge in [0, 0.05) is 12.1 Å². The summed E-state index contributed by atoms with van der Waals surface area (Å²) in [6.45, 7) is 0.115. The van der Waals surface area contributed by atoms with Gasteiger partial charge in [0.05, 0.1) is 27.8 Å². The molecule has 1 aromatic carbocycles. The van der Waals surface area contributed by atoms with Gasteiger partial charge in [-0.15, -0.1) is 0 Å². The lowest BCUT2D eigenvalue weighted by Gasteiger charge is -2.01. The zero-order valence-electron chi connectivity index (χ0n) is 9.69. The molecule has 1 heterocycles.